The topological polar surface area (TPSA) is 53.1 Å². The maximum atomic E-state index is 8.97. The minimum Gasteiger partial charge on any atom is -0.444 e. The number of aryl methyl sites for hydroxylation is 1. The van der Waals surface area contributed by atoms with Crippen LogP contribution in [-0.4, -0.2) is 24.0 Å². The average Bonchev–Trinajstić information content (AvgIpc) is 2.53. The predicted octanol–water partition coefficient (Wildman–Crippen LogP) is 1.80. The number of hydrogen-bond donors (Lipinski definition) is 0. The van der Waals surface area contributed by atoms with Crippen LogP contribution in [0.3, 0.4) is 0 Å². The first-order chi connectivity index (χ1) is 6.56. The largest absolute Gasteiger partial charge is 0.444 e. The Morgan fingerprint density at radius 1 is 1.57 bits per heavy atom. The summed E-state index contributed by atoms with van der Waals surface area (Å²) in [5.41, 5.74) is 2.09. The fourth-order valence-corrected chi connectivity index (χ4v) is 0.976. The highest BCUT2D eigenvalue weighted by atomic mass is 16.3. The zero-order valence-electron chi connectivity index (χ0n) is 8.83. The van der Waals surface area contributed by atoms with Crippen LogP contribution in [-0.2, 0) is 0 Å². The summed E-state index contributed by atoms with van der Waals surface area (Å²) < 4.78 is 5.17. The summed E-state index contributed by atoms with van der Waals surface area (Å²) >= 11 is 0. The second-order valence-corrected chi connectivity index (χ2v) is 3.26. The van der Waals surface area contributed by atoms with Crippen molar-refractivity contribution in [2.45, 2.75) is 13.8 Å². The van der Waals surface area contributed by atoms with Gasteiger partial charge in [0.05, 0.1) is 5.69 Å². The van der Waals surface area contributed by atoms with E-state index in [4.69, 9.17) is 9.68 Å². The minimum atomic E-state index is 0.385. The highest BCUT2D eigenvalue weighted by Gasteiger charge is 2.12. The summed E-state index contributed by atoms with van der Waals surface area (Å²) in [5.74, 6) is 0.385. The van der Waals surface area contributed by atoms with Crippen molar-refractivity contribution in [3.63, 3.8) is 0 Å². The van der Waals surface area contributed by atoms with Gasteiger partial charge in [0.15, 0.2) is 0 Å². The number of nitrogens with zero attached hydrogens (tertiary/aromatic N) is 3. The van der Waals surface area contributed by atoms with Crippen molar-refractivity contribution in [3.05, 3.63) is 23.5 Å². The SMILES string of the molecule is C/C(=C(\C#N)c1nc(C)co1)N(C)C. The molecule has 14 heavy (non-hydrogen) atoms. The molecule has 0 aliphatic rings. The second kappa shape index (κ2) is 3.97. The van der Waals surface area contributed by atoms with Gasteiger partial charge >= 0.3 is 0 Å². The van der Waals surface area contributed by atoms with Gasteiger partial charge in [0.25, 0.3) is 0 Å². The molecule has 4 heteroatoms. The Balaban J connectivity index is 3.18. The molecule has 0 aliphatic heterocycles. The molecule has 0 radical (unpaired) electrons. The first-order valence-electron chi connectivity index (χ1n) is 4.27. The van der Waals surface area contributed by atoms with E-state index in [1.807, 2.05) is 32.8 Å². The third-order valence-corrected chi connectivity index (χ3v) is 1.98. The van der Waals surface area contributed by atoms with Gasteiger partial charge in [-0.1, -0.05) is 0 Å². The lowest BCUT2D eigenvalue weighted by Crippen LogP contribution is -2.10. The molecule has 0 spiro atoms. The normalized spacial score (nSPS) is 11.9. The molecule has 1 aromatic rings. The third-order valence-electron chi connectivity index (χ3n) is 1.98. The van der Waals surface area contributed by atoms with Gasteiger partial charge in [-0.25, -0.2) is 4.98 Å². The van der Waals surface area contributed by atoms with E-state index in [-0.39, 0.29) is 0 Å². The van der Waals surface area contributed by atoms with Crippen LogP contribution in [0, 0.1) is 18.3 Å². The lowest BCUT2D eigenvalue weighted by molar-refractivity contribution is 0.505. The molecule has 0 aromatic carbocycles. The molecule has 0 atom stereocenters. The maximum absolute atomic E-state index is 8.97. The van der Waals surface area contributed by atoms with Gasteiger partial charge in [-0.2, -0.15) is 5.26 Å². The Labute approximate surface area is 83.5 Å². The molecule has 1 heterocycles. The van der Waals surface area contributed by atoms with Crippen molar-refractivity contribution < 1.29 is 4.42 Å². The predicted molar refractivity (Wildman–Crippen MR) is 53.1 cm³/mol. The summed E-state index contributed by atoms with van der Waals surface area (Å²) in [7, 11) is 3.75. The molecule has 0 amide bonds. The van der Waals surface area contributed by atoms with E-state index in [0.717, 1.165) is 11.4 Å². The number of oxazole rings is 1. The molecule has 0 saturated carbocycles. The van der Waals surface area contributed by atoms with E-state index >= 15 is 0 Å². The smallest absolute Gasteiger partial charge is 0.238 e. The van der Waals surface area contributed by atoms with E-state index < -0.39 is 0 Å². The quantitative estimate of drug-likeness (QED) is 0.669. The lowest BCUT2D eigenvalue weighted by atomic mass is 10.2. The van der Waals surface area contributed by atoms with E-state index in [2.05, 4.69) is 11.1 Å². The van der Waals surface area contributed by atoms with Crippen LogP contribution in [0.25, 0.3) is 5.57 Å². The monoisotopic (exact) mass is 191 g/mol. The molecule has 0 saturated heterocycles. The van der Waals surface area contributed by atoms with Gasteiger partial charge in [-0.3, -0.25) is 0 Å². The van der Waals surface area contributed by atoms with Crippen LogP contribution in [0.2, 0.25) is 0 Å². The minimum absolute atomic E-state index is 0.385. The molecule has 1 rings (SSSR count). The molecule has 0 unspecified atom stereocenters. The molecule has 4 nitrogen and oxygen atoms in total. The van der Waals surface area contributed by atoms with Crippen molar-refractivity contribution >= 4 is 5.57 Å². The van der Waals surface area contributed by atoms with E-state index in [0.29, 0.717) is 11.5 Å². The van der Waals surface area contributed by atoms with E-state index in [9.17, 15) is 0 Å². The van der Waals surface area contributed by atoms with Gasteiger partial charge in [0.2, 0.25) is 5.89 Å². The summed E-state index contributed by atoms with van der Waals surface area (Å²) in [5, 5.41) is 8.97. The molecule has 0 aliphatic carbocycles. The molecule has 0 N–H and O–H groups in total. The lowest BCUT2D eigenvalue weighted by Gasteiger charge is -2.13. The zero-order chi connectivity index (χ0) is 10.7. The maximum Gasteiger partial charge on any atom is 0.238 e. The molecular formula is C10H13N3O. The van der Waals surface area contributed by atoms with Crippen LogP contribution >= 0.6 is 0 Å². The number of rotatable bonds is 2. The Morgan fingerprint density at radius 2 is 2.21 bits per heavy atom. The second-order valence-electron chi connectivity index (χ2n) is 3.26. The fraction of sp³-hybridized carbons (Fsp3) is 0.400. The first-order valence-corrected chi connectivity index (χ1v) is 4.27. The summed E-state index contributed by atoms with van der Waals surface area (Å²) in [6.45, 7) is 3.69. The third kappa shape index (κ3) is 1.94. The number of allylic oxidation sites excluding steroid dienone is 2. The first kappa shape index (κ1) is 10.3. The van der Waals surface area contributed by atoms with Crippen molar-refractivity contribution in [3.8, 4) is 6.07 Å². The number of nitriles is 1. The zero-order valence-corrected chi connectivity index (χ0v) is 8.83. The number of hydrogen-bond acceptors (Lipinski definition) is 4. The van der Waals surface area contributed by atoms with Crippen LogP contribution in [0.4, 0.5) is 0 Å². The molecule has 1 aromatic heterocycles. The van der Waals surface area contributed by atoms with Gasteiger partial charge < -0.3 is 9.32 Å². The fourth-order valence-electron chi connectivity index (χ4n) is 0.976. The van der Waals surface area contributed by atoms with E-state index in [1.54, 1.807) is 0 Å². The van der Waals surface area contributed by atoms with Crippen LogP contribution in [0.5, 0.6) is 0 Å². The van der Waals surface area contributed by atoms with Crippen LogP contribution in [0.1, 0.15) is 18.5 Å². The molecule has 74 valence electrons. The van der Waals surface area contributed by atoms with Crippen molar-refractivity contribution in [1.82, 2.24) is 9.88 Å². The molecular weight excluding hydrogens is 178 g/mol. The van der Waals surface area contributed by atoms with Gasteiger partial charge in [-0.15, -0.1) is 0 Å². The molecule has 0 fully saturated rings. The molecule has 0 bridgehead atoms. The van der Waals surface area contributed by atoms with Gasteiger partial charge in [0.1, 0.15) is 17.9 Å². The highest BCUT2D eigenvalue weighted by Crippen LogP contribution is 2.18. The standard InChI is InChI=1S/C10H13N3O/c1-7-6-14-10(12-7)9(5-11)8(2)13(3)4/h6H,1-4H3/b9-8-. The van der Waals surface area contributed by atoms with E-state index in [1.165, 1.54) is 6.26 Å². The van der Waals surface area contributed by atoms with Crippen LogP contribution < -0.4 is 0 Å². The van der Waals surface area contributed by atoms with Gasteiger partial charge in [-0.05, 0) is 13.8 Å². The van der Waals surface area contributed by atoms with Crippen LogP contribution in [0.15, 0.2) is 16.4 Å². The highest BCUT2D eigenvalue weighted by molar-refractivity contribution is 5.73. The summed E-state index contributed by atoms with van der Waals surface area (Å²) in [4.78, 5) is 5.97. The Kier molecular flexibility index (Phi) is 2.92. The number of aromatic nitrogens is 1. The summed E-state index contributed by atoms with van der Waals surface area (Å²) in [6, 6.07) is 2.09. The average molecular weight is 191 g/mol. The Bertz CT molecular complexity index is 396. The Morgan fingerprint density at radius 3 is 2.57 bits per heavy atom. The van der Waals surface area contributed by atoms with Crippen molar-refractivity contribution in [1.29, 1.82) is 5.26 Å². The van der Waals surface area contributed by atoms with Crippen molar-refractivity contribution in [2.24, 2.45) is 0 Å². The Hall–Kier alpha value is -1.76. The summed E-state index contributed by atoms with van der Waals surface area (Å²) in [6.07, 6.45) is 1.54. The van der Waals surface area contributed by atoms with Gasteiger partial charge in [0, 0.05) is 19.8 Å². The van der Waals surface area contributed by atoms with Crippen molar-refractivity contribution in [2.75, 3.05) is 14.1 Å².